The second kappa shape index (κ2) is 8.29. The lowest BCUT2D eigenvalue weighted by Gasteiger charge is -2.41. The van der Waals surface area contributed by atoms with Crippen LogP contribution in [0.4, 0.5) is 0 Å². The fourth-order valence-electron chi connectivity index (χ4n) is 2.65. The highest BCUT2D eigenvalue weighted by Gasteiger charge is 2.27. The van der Waals surface area contributed by atoms with Crippen molar-refractivity contribution in [2.75, 3.05) is 39.5 Å². The topological polar surface area (TPSA) is 76.8 Å². The number of rotatable bonds is 8. The maximum absolute atomic E-state index is 10.7. The number of nitrogens with zero attached hydrogens (tertiary/aromatic N) is 1. The molecule has 0 aromatic heterocycles. The smallest absolute Gasteiger partial charge is 0.255 e. The molecular formula is C17H27N3O3. The fraction of sp³-hybridized carbons (Fsp3) is 0.588. The SMILES string of the molecule is CC(C)(CNCc1ccc(OCC(N)=O)cc1)N1CCOCC1. The van der Waals surface area contributed by atoms with E-state index >= 15 is 0 Å². The second-order valence-electron chi connectivity index (χ2n) is 6.41. The number of carbonyl (C=O) groups is 1. The molecule has 6 nitrogen and oxygen atoms in total. The van der Waals surface area contributed by atoms with Gasteiger partial charge in [-0.25, -0.2) is 0 Å². The molecule has 1 amide bonds. The van der Waals surface area contributed by atoms with Gasteiger partial charge in [0.2, 0.25) is 0 Å². The molecule has 3 N–H and O–H groups in total. The van der Waals surface area contributed by atoms with Gasteiger partial charge < -0.3 is 20.5 Å². The van der Waals surface area contributed by atoms with Crippen molar-refractivity contribution in [1.29, 1.82) is 0 Å². The molecule has 0 radical (unpaired) electrons. The number of benzene rings is 1. The van der Waals surface area contributed by atoms with E-state index in [0.29, 0.717) is 5.75 Å². The van der Waals surface area contributed by atoms with Crippen molar-refractivity contribution in [3.8, 4) is 5.75 Å². The third-order valence-electron chi connectivity index (χ3n) is 4.06. The first-order valence-electron chi connectivity index (χ1n) is 8.01. The van der Waals surface area contributed by atoms with Crippen molar-refractivity contribution < 1.29 is 14.3 Å². The lowest BCUT2D eigenvalue weighted by atomic mass is 10.0. The molecule has 1 aliphatic rings. The van der Waals surface area contributed by atoms with E-state index in [0.717, 1.165) is 39.4 Å². The summed E-state index contributed by atoms with van der Waals surface area (Å²) in [6, 6.07) is 7.69. The van der Waals surface area contributed by atoms with Gasteiger partial charge in [-0.2, -0.15) is 0 Å². The van der Waals surface area contributed by atoms with Gasteiger partial charge in [-0.3, -0.25) is 9.69 Å². The van der Waals surface area contributed by atoms with Gasteiger partial charge in [-0.1, -0.05) is 12.1 Å². The van der Waals surface area contributed by atoms with Crippen LogP contribution in [0.2, 0.25) is 0 Å². The van der Waals surface area contributed by atoms with Crippen LogP contribution < -0.4 is 15.8 Å². The summed E-state index contributed by atoms with van der Waals surface area (Å²) < 4.78 is 10.7. The molecule has 0 saturated carbocycles. The number of amides is 1. The lowest BCUT2D eigenvalue weighted by molar-refractivity contribution is -0.119. The van der Waals surface area contributed by atoms with Crippen LogP contribution in [0, 0.1) is 0 Å². The number of hydrogen-bond acceptors (Lipinski definition) is 5. The average Bonchev–Trinajstić information content (AvgIpc) is 2.55. The summed E-state index contributed by atoms with van der Waals surface area (Å²) in [7, 11) is 0. The van der Waals surface area contributed by atoms with E-state index in [4.69, 9.17) is 15.2 Å². The number of carbonyl (C=O) groups excluding carboxylic acids is 1. The molecule has 128 valence electrons. The molecule has 0 spiro atoms. The van der Waals surface area contributed by atoms with Crippen molar-refractivity contribution in [2.45, 2.75) is 25.9 Å². The van der Waals surface area contributed by atoms with Gasteiger partial charge in [0, 0.05) is 31.7 Å². The Balaban J connectivity index is 1.75. The van der Waals surface area contributed by atoms with E-state index in [1.165, 1.54) is 5.56 Å². The summed E-state index contributed by atoms with van der Waals surface area (Å²) in [5.74, 6) is 0.183. The summed E-state index contributed by atoms with van der Waals surface area (Å²) >= 11 is 0. The van der Waals surface area contributed by atoms with Gasteiger partial charge in [-0.15, -0.1) is 0 Å². The number of morpholine rings is 1. The molecule has 0 bridgehead atoms. The standard InChI is InChI=1S/C17H27N3O3/c1-17(2,20-7-9-22-10-8-20)13-19-11-14-3-5-15(6-4-14)23-12-16(18)21/h3-6,19H,7-13H2,1-2H3,(H2,18,21). The van der Waals surface area contributed by atoms with Crippen molar-refractivity contribution in [3.05, 3.63) is 29.8 Å². The van der Waals surface area contributed by atoms with Gasteiger partial charge >= 0.3 is 0 Å². The molecule has 2 rings (SSSR count). The van der Waals surface area contributed by atoms with E-state index in [1.807, 2.05) is 24.3 Å². The Morgan fingerprint density at radius 3 is 2.57 bits per heavy atom. The molecular weight excluding hydrogens is 294 g/mol. The van der Waals surface area contributed by atoms with Crippen molar-refractivity contribution >= 4 is 5.91 Å². The van der Waals surface area contributed by atoms with Crippen LogP contribution in [0.25, 0.3) is 0 Å². The van der Waals surface area contributed by atoms with E-state index < -0.39 is 5.91 Å². The summed E-state index contributed by atoms with van der Waals surface area (Å²) in [5.41, 5.74) is 6.33. The Labute approximate surface area is 137 Å². The monoisotopic (exact) mass is 321 g/mol. The molecule has 0 aliphatic carbocycles. The van der Waals surface area contributed by atoms with Gasteiger partial charge in [0.25, 0.3) is 5.91 Å². The summed E-state index contributed by atoms with van der Waals surface area (Å²) in [6.45, 7) is 9.73. The minimum Gasteiger partial charge on any atom is -0.484 e. The maximum atomic E-state index is 10.7. The van der Waals surface area contributed by atoms with Crippen LogP contribution in [0.3, 0.4) is 0 Å². The van der Waals surface area contributed by atoms with Crippen LogP contribution in [0.5, 0.6) is 5.75 Å². The third kappa shape index (κ3) is 5.82. The van der Waals surface area contributed by atoms with Crippen LogP contribution in [-0.2, 0) is 16.1 Å². The first kappa shape index (κ1) is 17.7. The molecule has 1 aromatic carbocycles. The zero-order valence-corrected chi connectivity index (χ0v) is 14.0. The first-order valence-corrected chi connectivity index (χ1v) is 8.01. The molecule has 6 heteroatoms. The van der Waals surface area contributed by atoms with Crippen molar-refractivity contribution in [3.63, 3.8) is 0 Å². The predicted molar refractivity (Wildman–Crippen MR) is 89.3 cm³/mol. The van der Waals surface area contributed by atoms with Gasteiger partial charge in [0.15, 0.2) is 6.61 Å². The lowest BCUT2D eigenvalue weighted by Crippen LogP contribution is -2.54. The summed E-state index contributed by atoms with van der Waals surface area (Å²) in [4.78, 5) is 13.1. The number of ether oxygens (including phenoxy) is 2. The van der Waals surface area contributed by atoms with Crippen molar-refractivity contribution in [1.82, 2.24) is 10.2 Å². The number of nitrogens with one attached hydrogen (secondary N) is 1. The first-order chi connectivity index (χ1) is 11.0. The van der Waals surface area contributed by atoms with Crippen LogP contribution in [0.15, 0.2) is 24.3 Å². The molecule has 1 saturated heterocycles. The molecule has 1 aliphatic heterocycles. The Bertz CT molecular complexity index is 496. The molecule has 1 fully saturated rings. The van der Waals surface area contributed by atoms with Crippen LogP contribution in [0.1, 0.15) is 19.4 Å². The number of primary amides is 1. The highest BCUT2D eigenvalue weighted by atomic mass is 16.5. The minimum atomic E-state index is -0.471. The van der Waals surface area contributed by atoms with Gasteiger partial charge in [0.1, 0.15) is 5.75 Å². The normalized spacial score (nSPS) is 16.3. The van der Waals surface area contributed by atoms with Gasteiger partial charge in [-0.05, 0) is 31.5 Å². The molecule has 1 aromatic rings. The molecule has 23 heavy (non-hydrogen) atoms. The number of hydrogen-bond donors (Lipinski definition) is 2. The maximum Gasteiger partial charge on any atom is 0.255 e. The third-order valence-corrected chi connectivity index (χ3v) is 4.06. The average molecular weight is 321 g/mol. The summed E-state index contributed by atoms with van der Waals surface area (Å²) in [5, 5.41) is 3.51. The Morgan fingerprint density at radius 2 is 1.96 bits per heavy atom. The van der Waals surface area contributed by atoms with Crippen molar-refractivity contribution in [2.24, 2.45) is 5.73 Å². The Kier molecular flexibility index (Phi) is 6.38. The quantitative estimate of drug-likeness (QED) is 0.739. The molecule has 0 atom stereocenters. The molecule has 0 unspecified atom stereocenters. The zero-order valence-electron chi connectivity index (χ0n) is 14.0. The highest BCUT2D eigenvalue weighted by molar-refractivity contribution is 5.75. The molecule has 1 heterocycles. The van der Waals surface area contributed by atoms with E-state index in [-0.39, 0.29) is 12.1 Å². The van der Waals surface area contributed by atoms with E-state index in [1.54, 1.807) is 0 Å². The summed E-state index contributed by atoms with van der Waals surface area (Å²) in [6.07, 6.45) is 0. The van der Waals surface area contributed by atoms with Crippen LogP contribution in [-0.4, -0.2) is 55.8 Å². The largest absolute Gasteiger partial charge is 0.484 e. The van der Waals surface area contributed by atoms with Crippen LogP contribution >= 0.6 is 0 Å². The minimum absolute atomic E-state index is 0.0919. The second-order valence-corrected chi connectivity index (χ2v) is 6.41. The fourth-order valence-corrected chi connectivity index (χ4v) is 2.65. The predicted octanol–water partition coefficient (Wildman–Crippen LogP) is 0.751. The Morgan fingerprint density at radius 1 is 1.30 bits per heavy atom. The van der Waals surface area contributed by atoms with E-state index in [9.17, 15) is 4.79 Å². The Hall–Kier alpha value is -1.63. The van der Waals surface area contributed by atoms with E-state index in [2.05, 4.69) is 24.1 Å². The van der Waals surface area contributed by atoms with Gasteiger partial charge in [0.05, 0.1) is 13.2 Å². The zero-order chi connectivity index (χ0) is 16.7. The number of nitrogens with two attached hydrogens (primary N) is 1. The highest BCUT2D eigenvalue weighted by Crippen LogP contribution is 2.16.